The Labute approximate surface area is 139 Å². The maximum absolute atomic E-state index is 13.6. The van der Waals surface area contributed by atoms with Crippen LogP contribution in [-0.4, -0.2) is 19.6 Å². The van der Waals surface area contributed by atoms with Crippen LogP contribution < -0.4 is 10.1 Å². The molecule has 1 aromatic heterocycles. The lowest BCUT2D eigenvalue weighted by Gasteiger charge is -2.05. The number of aryl methyl sites for hydroxylation is 1. The summed E-state index contributed by atoms with van der Waals surface area (Å²) in [6, 6.07) is 11.9. The van der Waals surface area contributed by atoms with Crippen molar-refractivity contribution in [2.24, 2.45) is 0 Å². The Hall–Kier alpha value is -2.82. The van der Waals surface area contributed by atoms with Crippen LogP contribution in [0.25, 0.3) is 11.0 Å². The molecule has 0 saturated heterocycles. The van der Waals surface area contributed by atoms with Crippen LogP contribution in [0.4, 0.5) is 4.39 Å². The summed E-state index contributed by atoms with van der Waals surface area (Å²) in [4.78, 5) is 12.3. The quantitative estimate of drug-likeness (QED) is 0.774. The molecule has 0 spiro atoms. The zero-order chi connectivity index (χ0) is 17.1. The average Bonchev–Trinajstić information content (AvgIpc) is 2.93. The van der Waals surface area contributed by atoms with Crippen LogP contribution in [0.1, 0.15) is 21.7 Å². The monoisotopic (exact) mass is 327 g/mol. The minimum absolute atomic E-state index is 0.265. The maximum Gasteiger partial charge on any atom is 0.287 e. The van der Waals surface area contributed by atoms with Crippen LogP contribution in [0.2, 0.25) is 0 Å². The molecule has 0 radical (unpaired) electrons. The van der Waals surface area contributed by atoms with Crippen molar-refractivity contribution in [2.45, 2.75) is 13.3 Å². The van der Waals surface area contributed by atoms with Gasteiger partial charge in [-0.2, -0.15) is 0 Å². The van der Waals surface area contributed by atoms with Gasteiger partial charge in [-0.1, -0.05) is 18.2 Å². The number of hydrogen-bond acceptors (Lipinski definition) is 3. The normalized spacial score (nSPS) is 10.8. The van der Waals surface area contributed by atoms with Crippen LogP contribution in [0, 0.1) is 12.7 Å². The van der Waals surface area contributed by atoms with E-state index in [1.807, 2.05) is 13.0 Å². The number of methoxy groups -OCH3 is 1. The van der Waals surface area contributed by atoms with E-state index in [-0.39, 0.29) is 17.5 Å². The van der Waals surface area contributed by atoms with E-state index in [1.165, 1.54) is 6.07 Å². The molecule has 2 aromatic carbocycles. The molecule has 0 aliphatic rings. The molecule has 1 amide bonds. The second kappa shape index (κ2) is 6.74. The third-order valence-corrected chi connectivity index (χ3v) is 3.99. The van der Waals surface area contributed by atoms with Crippen LogP contribution in [0.15, 0.2) is 46.9 Å². The van der Waals surface area contributed by atoms with Crippen LogP contribution in [-0.2, 0) is 6.42 Å². The number of ether oxygens (including phenoxy) is 1. The summed E-state index contributed by atoms with van der Waals surface area (Å²) in [7, 11) is 1.59. The molecule has 0 unspecified atom stereocenters. The highest BCUT2D eigenvalue weighted by Gasteiger charge is 2.17. The number of rotatable bonds is 5. The highest BCUT2D eigenvalue weighted by atomic mass is 19.1. The van der Waals surface area contributed by atoms with Crippen LogP contribution >= 0.6 is 0 Å². The van der Waals surface area contributed by atoms with Gasteiger partial charge in [0.25, 0.3) is 5.91 Å². The Morgan fingerprint density at radius 3 is 2.79 bits per heavy atom. The lowest BCUT2D eigenvalue weighted by molar-refractivity contribution is 0.0927. The first-order valence-electron chi connectivity index (χ1n) is 7.69. The number of carbonyl (C=O) groups excluding carboxylic acids is 1. The van der Waals surface area contributed by atoms with E-state index in [0.29, 0.717) is 29.9 Å². The molecule has 1 heterocycles. The van der Waals surface area contributed by atoms with Crippen LogP contribution in [0.5, 0.6) is 5.75 Å². The molecule has 0 aliphatic carbocycles. The van der Waals surface area contributed by atoms with Gasteiger partial charge in [-0.05, 0) is 43.2 Å². The first-order valence-corrected chi connectivity index (χ1v) is 7.69. The number of carbonyl (C=O) groups is 1. The molecule has 0 bridgehead atoms. The van der Waals surface area contributed by atoms with Gasteiger partial charge in [-0.3, -0.25) is 4.79 Å². The third-order valence-electron chi connectivity index (χ3n) is 3.99. The van der Waals surface area contributed by atoms with Gasteiger partial charge in [0.15, 0.2) is 5.76 Å². The van der Waals surface area contributed by atoms with E-state index in [4.69, 9.17) is 9.15 Å². The summed E-state index contributed by atoms with van der Waals surface area (Å²) in [5, 5.41) is 3.62. The summed E-state index contributed by atoms with van der Waals surface area (Å²) in [5.74, 6) is 0.405. The lowest BCUT2D eigenvalue weighted by atomic mass is 10.1. The number of hydrogen-bond donors (Lipinski definition) is 1. The molecule has 5 heteroatoms. The Morgan fingerprint density at radius 1 is 1.25 bits per heavy atom. The highest BCUT2D eigenvalue weighted by molar-refractivity contribution is 5.99. The predicted molar refractivity (Wildman–Crippen MR) is 89.9 cm³/mol. The van der Waals surface area contributed by atoms with Gasteiger partial charge in [-0.25, -0.2) is 4.39 Å². The van der Waals surface area contributed by atoms with Gasteiger partial charge in [-0.15, -0.1) is 0 Å². The van der Waals surface area contributed by atoms with Crippen molar-refractivity contribution in [1.82, 2.24) is 5.32 Å². The summed E-state index contributed by atoms with van der Waals surface area (Å²) in [5.41, 5.74) is 1.96. The highest BCUT2D eigenvalue weighted by Crippen LogP contribution is 2.28. The molecule has 0 fully saturated rings. The van der Waals surface area contributed by atoms with E-state index < -0.39 is 0 Å². The molecule has 4 nitrogen and oxygen atoms in total. The molecule has 3 aromatic rings. The minimum Gasteiger partial charge on any atom is -0.497 e. The van der Waals surface area contributed by atoms with Gasteiger partial charge in [0.05, 0.1) is 7.11 Å². The summed E-state index contributed by atoms with van der Waals surface area (Å²) in [6.45, 7) is 2.16. The second-order valence-corrected chi connectivity index (χ2v) is 5.52. The SMILES string of the molecule is COc1ccc2oc(C(=O)NCCc3ccccc3F)c(C)c2c1. The zero-order valence-corrected chi connectivity index (χ0v) is 13.6. The summed E-state index contributed by atoms with van der Waals surface area (Å²) >= 11 is 0. The Kier molecular flexibility index (Phi) is 4.51. The molecule has 124 valence electrons. The van der Waals surface area contributed by atoms with E-state index in [1.54, 1.807) is 37.4 Å². The summed E-state index contributed by atoms with van der Waals surface area (Å²) < 4.78 is 24.4. The number of amides is 1. The van der Waals surface area contributed by atoms with E-state index in [2.05, 4.69) is 5.32 Å². The predicted octanol–water partition coefficient (Wildman–Crippen LogP) is 3.86. The first-order chi connectivity index (χ1) is 11.6. The maximum atomic E-state index is 13.6. The van der Waals surface area contributed by atoms with Crippen LogP contribution in [0.3, 0.4) is 0 Å². The molecular weight excluding hydrogens is 309 g/mol. The van der Waals surface area contributed by atoms with Crippen molar-refractivity contribution in [3.8, 4) is 5.75 Å². The topological polar surface area (TPSA) is 51.5 Å². The van der Waals surface area contributed by atoms with Crippen molar-refractivity contribution in [1.29, 1.82) is 0 Å². The van der Waals surface area contributed by atoms with Crippen molar-refractivity contribution in [3.05, 3.63) is 65.2 Å². The van der Waals surface area contributed by atoms with Crippen molar-refractivity contribution in [2.75, 3.05) is 13.7 Å². The average molecular weight is 327 g/mol. The van der Waals surface area contributed by atoms with Gasteiger partial charge < -0.3 is 14.5 Å². The van der Waals surface area contributed by atoms with Gasteiger partial charge >= 0.3 is 0 Å². The Bertz CT molecular complexity index is 885. The smallest absolute Gasteiger partial charge is 0.287 e. The fourth-order valence-electron chi connectivity index (χ4n) is 2.64. The molecule has 3 rings (SSSR count). The van der Waals surface area contributed by atoms with E-state index in [9.17, 15) is 9.18 Å². The Morgan fingerprint density at radius 2 is 2.04 bits per heavy atom. The number of benzene rings is 2. The third kappa shape index (κ3) is 3.11. The molecule has 0 atom stereocenters. The first kappa shape index (κ1) is 16.1. The Balaban J connectivity index is 1.72. The number of fused-ring (bicyclic) bond motifs is 1. The standard InChI is InChI=1S/C19H18FNO3/c1-12-15-11-14(23-2)7-8-17(15)24-18(12)19(22)21-10-9-13-5-3-4-6-16(13)20/h3-8,11H,9-10H2,1-2H3,(H,21,22). The van der Waals surface area contributed by atoms with E-state index in [0.717, 1.165) is 10.9 Å². The lowest BCUT2D eigenvalue weighted by Crippen LogP contribution is -2.26. The van der Waals surface area contributed by atoms with Gasteiger partial charge in [0, 0.05) is 17.5 Å². The molecule has 24 heavy (non-hydrogen) atoms. The number of furan rings is 1. The molecule has 1 N–H and O–H groups in total. The molecule has 0 aliphatic heterocycles. The van der Waals surface area contributed by atoms with Crippen molar-refractivity contribution in [3.63, 3.8) is 0 Å². The molecule has 0 saturated carbocycles. The van der Waals surface area contributed by atoms with E-state index >= 15 is 0 Å². The fraction of sp³-hybridized carbons (Fsp3) is 0.211. The van der Waals surface area contributed by atoms with Crippen molar-refractivity contribution >= 4 is 16.9 Å². The molecular formula is C19H18FNO3. The van der Waals surface area contributed by atoms with Gasteiger partial charge in [0.2, 0.25) is 0 Å². The van der Waals surface area contributed by atoms with Gasteiger partial charge in [0.1, 0.15) is 17.1 Å². The largest absolute Gasteiger partial charge is 0.497 e. The van der Waals surface area contributed by atoms with Crippen molar-refractivity contribution < 1.29 is 18.3 Å². The minimum atomic E-state index is -0.306. The number of halogens is 1. The fourth-order valence-corrected chi connectivity index (χ4v) is 2.64. The number of nitrogens with one attached hydrogen (secondary N) is 1. The zero-order valence-electron chi connectivity index (χ0n) is 13.6. The summed E-state index contributed by atoms with van der Waals surface area (Å²) in [6.07, 6.45) is 0.422. The second-order valence-electron chi connectivity index (χ2n) is 5.52.